The Kier molecular flexibility index (Phi) is 2.77. The lowest BCUT2D eigenvalue weighted by atomic mass is 10.2. The molecule has 1 aromatic rings. The van der Waals surface area contributed by atoms with Crippen molar-refractivity contribution in [1.82, 2.24) is 4.98 Å². The number of rotatable bonds is 5. The number of nitrogens with zero attached hydrogens (tertiary/aromatic N) is 1. The molecule has 1 aliphatic carbocycles. The molecule has 0 spiro atoms. The fourth-order valence-corrected chi connectivity index (χ4v) is 1.54. The average molecular weight is 207 g/mol. The maximum atomic E-state index is 5.71. The molecule has 0 aliphatic heterocycles. The third kappa shape index (κ3) is 2.21. The summed E-state index contributed by atoms with van der Waals surface area (Å²) < 4.78 is 5.49. The Morgan fingerprint density at radius 1 is 1.60 bits per heavy atom. The fourth-order valence-electron chi connectivity index (χ4n) is 1.54. The number of nitrogens with one attached hydrogen (secondary N) is 1. The van der Waals surface area contributed by atoms with Crippen LogP contribution in [0.3, 0.4) is 0 Å². The topological polar surface area (TPSA) is 60.2 Å². The first kappa shape index (κ1) is 10.2. The second-order valence-corrected chi connectivity index (χ2v) is 3.89. The average Bonchev–Trinajstić information content (AvgIpc) is 3.02. The standard InChI is InChI=1S/C11H17N3O/c1-2-15-9-4-3-7-13-10(9)14-11(8-12)5-6-11/h3-4,7H,2,5-6,8,12H2,1H3,(H,13,14). The van der Waals surface area contributed by atoms with Gasteiger partial charge < -0.3 is 15.8 Å². The predicted octanol–water partition coefficient (Wildman–Crippen LogP) is 1.38. The van der Waals surface area contributed by atoms with Crippen molar-refractivity contribution in [3.63, 3.8) is 0 Å². The molecule has 1 saturated carbocycles. The summed E-state index contributed by atoms with van der Waals surface area (Å²) in [6.45, 7) is 3.26. The van der Waals surface area contributed by atoms with E-state index in [0.29, 0.717) is 13.2 Å². The van der Waals surface area contributed by atoms with Crippen LogP contribution in [0.25, 0.3) is 0 Å². The monoisotopic (exact) mass is 207 g/mol. The zero-order valence-corrected chi connectivity index (χ0v) is 8.99. The molecule has 4 nitrogen and oxygen atoms in total. The molecular formula is C11H17N3O. The summed E-state index contributed by atoms with van der Waals surface area (Å²) in [5, 5.41) is 3.37. The number of ether oxygens (including phenoxy) is 1. The first-order valence-corrected chi connectivity index (χ1v) is 5.36. The van der Waals surface area contributed by atoms with Crippen molar-refractivity contribution in [3.05, 3.63) is 18.3 Å². The summed E-state index contributed by atoms with van der Waals surface area (Å²) in [6.07, 6.45) is 3.99. The maximum Gasteiger partial charge on any atom is 0.169 e. The molecule has 15 heavy (non-hydrogen) atoms. The summed E-state index contributed by atoms with van der Waals surface area (Å²) in [5.41, 5.74) is 5.78. The third-order valence-corrected chi connectivity index (χ3v) is 2.70. The largest absolute Gasteiger partial charge is 0.490 e. The van der Waals surface area contributed by atoms with Gasteiger partial charge >= 0.3 is 0 Å². The van der Waals surface area contributed by atoms with Crippen LogP contribution in [0.5, 0.6) is 5.75 Å². The van der Waals surface area contributed by atoms with Crippen molar-refractivity contribution in [2.24, 2.45) is 5.73 Å². The Morgan fingerprint density at radius 2 is 2.40 bits per heavy atom. The van der Waals surface area contributed by atoms with Gasteiger partial charge in [0.2, 0.25) is 0 Å². The molecule has 1 heterocycles. The molecule has 1 aromatic heterocycles. The van der Waals surface area contributed by atoms with Gasteiger partial charge in [0.1, 0.15) is 0 Å². The number of nitrogens with two attached hydrogens (primary N) is 1. The molecule has 0 amide bonds. The minimum atomic E-state index is 0.0696. The molecule has 0 atom stereocenters. The highest BCUT2D eigenvalue weighted by Gasteiger charge is 2.41. The molecular weight excluding hydrogens is 190 g/mol. The number of anilines is 1. The van der Waals surface area contributed by atoms with Crippen LogP contribution in [0, 0.1) is 0 Å². The van der Waals surface area contributed by atoms with E-state index in [2.05, 4.69) is 10.3 Å². The lowest BCUT2D eigenvalue weighted by Crippen LogP contribution is -2.31. The van der Waals surface area contributed by atoms with Gasteiger partial charge in [-0.05, 0) is 31.9 Å². The number of aromatic nitrogens is 1. The van der Waals surface area contributed by atoms with Gasteiger partial charge in [0.15, 0.2) is 11.6 Å². The molecule has 1 aliphatic rings. The summed E-state index contributed by atoms with van der Waals surface area (Å²) in [6, 6.07) is 3.80. The molecule has 4 heteroatoms. The van der Waals surface area contributed by atoms with Crippen molar-refractivity contribution < 1.29 is 4.74 Å². The van der Waals surface area contributed by atoms with Gasteiger partial charge in [-0.2, -0.15) is 0 Å². The molecule has 0 saturated heterocycles. The molecule has 3 N–H and O–H groups in total. The summed E-state index contributed by atoms with van der Waals surface area (Å²) >= 11 is 0. The summed E-state index contributed by atoms with van der Waals surface area (Å²) in [4.78, 5) is 4.28. The van der Waals surface area contributed by atoms with E-state index >= 15 is 0 Å². The molecule has 0 radical (unpaired) electrons. The molecule has 2 rings (SSSR count). The van der Waals surface area contributed by atoms with E-state index in [1.54, 1.807) is 6.20 Å². The van der Waals surface area contributed by atoms with Crippen LogP contribution in [0.4, 0.5) is 5.82 Å². The smallest absolute Gasteiger partial charge is 0.169 e. The van der Waals surface area contributed by atoms with E-state index in [-0.39, 0.29) is 5.54 Å². The number of hydrogen-bond donors (Lipinski definition) is 2. The van der Waals surface area contributed by atoms with Gasteiger partial charge in [0.25, 0.3) is 0 Å². The summed E-state index contributed by atoms with van der Waals surface area (Å²) in [5.74, 6) is 1.61. The number of hydrogen-bond acceptors (Lipinski definition) is 4. The van der Waals surface area contributed by atoms with Crippen LogP contribution in [0.2, 0.25) is 0 Å². The Labute approximate surface area is 89.8 Å². The molecule has 0 bridgehead atoms. The minimum Gasteiger partial charge on any atom is -0.490 e. The van der Waals surface area contributed by atoms with Crippen molar-refractivity contribution in [1.29, 1.82) is 0 Å². The number of pyridine rings is 1. The van der Waals surface area contributed by atoms with E-state index in [9.17, 15) is 0 Å². The fraction of sp³-hybridized carbons (Fsp3) is 0.545. The van der Waals surface area contributed by atoms with Gasteiger partial charge in [0, 0.05) is 12.7 Å². The highest BCUT2D eigenvalue weighted by Crippen LogP contribution is 2.39. The van der Waals surface area contributed by atoms with Gasteiger partial charge in [-0.3, -0.25) is 0 Å². The second-order valence-electron chi connectivity index (χ2n) is 3.89. The SMILES string of the molecule is CCOc1cccnc1NC1(CN)CC1. The normalized spacial score (nSPS) is 17.2. The quantitative estimate of drug-likeness (QED) is 0.766. The second kappa shape index (κ2) is 4.06. The van der Waals surface area contributed by atoms with E-state index in [1.807, 2.05) is 19.1 Å². The highest BCUT2D eigenvalue weighted by atomic mass is 16.5. The van der Waals surface area contributed by atoms with Gasteiger partial charge in [-0.25, -0.2) is 4.98 Å². The lowest BCUT2D eigenvalue weighted by molar-refractivity contribution is 0.340. The zero-order chi connectivity index (χ0) is 10.7. The van der Waals surface area contributed by atoms with Gasteiger partial charge in [0.05, 0.1) is 12.1 Å². The Hall–Kier alpha value is -1.29. The summed E-state index contributed by atoms with van der Waals surface area (Å²) in [7, 11) is 0. The Balaban J connectivity index is 2.13. The minimum absolute atomic E-state index is 0.0696. The van der Waals surface area contributed by atoms with Crippen LogP contribution < -0.4 is 15.8 Å². The van der Waals surface area contributed by atoms with E-state index in [1.165, 1.54) is 0 Å². The maximum absolute atomic E-state index is 5.71. The van der Waals surface area contributed by atoms with E-state index < -0.39 is 0 Å². The van der Waals surface area contributed by atoms with Crippen molar-refractivity contribution in [2.75, 3.05) is 18.5 Å². The van der Waals surface area contributed by atoms with Crippen LogP contribution in [-0.4, -0.2) is 23.7 Å². The highest BCUT2D eigenvalue weighted by molar-refractivity contribution is 5.52. The first-order chi connectivity index (χ1) is 7.29. The van der Waals surface area contributed by atoms with Gasteiger partial charge in [-0.15, -0.1) is 0 Å². The van der Waals surface area contributed by atoms with Crippen molar-refractivity contribution in [3.8, 4) is 5.75 Å². The van der Waals surface area contributed by atoms with Crippen LogP contribution in [0.15, 0.2) is 18.3 Å². The van der Waals surface area contributed by atoms with Crippen LogP contribution in [-0.2, 0) is 0 Å². The Morgan fingerprint density at radius 3 is 3.00 bits per heavy atom. The third-order valence-electron chi connectivity index (χ3n) is 2.70. The van der Waals surface area contributed by atoms with Gasteiger partial charge in [-0.1, -0.05) is 0 Å². The van der Waals surface area contributed by atoms with Crippen molar-refractivity contribution in [2.45, 2.75) is 25.3 Å². The van der Waals surface area contributed by atoms with Crippen LogP contribution in [0.1, 0.15) is 19.8 Å². The molecule has 1 fully saturated rings. The lowest BCUT2D eigenvalue weighted by Gasteiger charge is -2.17. The van der Waals surface area contributed by atoms with Crippen LogP contribution >= 0.6 is 0 Å². The molecule has 0 aromatic carbocycles. The van der Waals surface area contributed by atoms with E-state index in [4.69, 9.17) is 10.5 Å². The Bertz CT molecular complexity index is 336. The van der Waals surface area contributed by atoms with Crippen molar-refractivity contribution >= 4 is 5.82 Å². The predicted molar refractivity (Wildman–Crippen MR) is 60.0 cm³/mol. The molecule has 82 valence electrons. The first-order valence-electron chi connectivity index (χ1n) is 5.36. The zero-order valence-electron chi connectivity index (χ0n) is 8.99. The van der Waals surface area contributed by atoms with E-state index in [0.717, 1.165) is 24.4 Å². The molecule has 0 unspecified atom stereocenters.